The van der Waals surface area contributed by atoms with E-state index in [-0.39, 0.29) is 4.90 Å². The lowest BCUT2D eigenvalue weighted by Gasteiger charge is -2.09. The van der Waals surface area contributed by atoms with E-state index in [9.17, 15) is 17.6 Å². The molecule has 0 bridgehead atoms. The molecule has 13 heavy (non-hydrogen) atoms. The minimum absolute atomic E-state index is 0.195. The fraction of sp³-hybridized carbons (Fsp3) is 0.143. The van der Waals surface area contributed by atoms with Crippen LogP contribution >= 0.6 is 12.6 Å². The van der Waals surface area contributed by atoms with Crippen molar-refractivity contribution in [1.29, 1.82) is 0 Å². The third kappa shape index (κ3) is 3.14. The van der Waals surface area contributed by atoms with Gasteiger partial charge in [-0.2, -0.15) is 0 Å². The van der Waals surface area contributed by atoms with Crippen LogP contribution in [-0.2, 0) is 0 Å². The number of rotatable bonds is 1. The van der Waals surface area contributed by atoms with Gasteiger partial charge in [0, 0.05) is 4.90 Å². The Kier molecular flexibility index (Phi) is 2.70. The van der Waals surface area contributed by atoms with Gasteiger partial charge in [-0.1, -0.05) is 0 Å². The normalized spacial score (nSPS) is 11.5. The Hall–Kier alpha value is -0.910. The number of thiol groups is 1. The monoisotopic (exact) mass is 212 g/mol. The van der Waals surface area contributed by atoms with E-state index in [0.717, 1.165) is 12.1 Å². The highest BCUT2D eigenvalue weighted by molar-refractivity contribution is 7.80. The van der Waals surface area contributed by atoms with Crippen LogP contribution in [0.4, 0.5) is 17.6 Å². The molecule has 0 amide bonds. The Balaban J connectivity index is 2.94. The summed E-state index contributed by atoms with van der Waals surface area (Å²) in [5.41, 5.74) is 0. The van der Waals surface area contributed by atoms with Gasteiger partial charge in [-0.05, 0) is 18.2 Å². The summed E-state index contributed by atoms with van der Waals surface area (Å²) in [7, 11) is 0. The molecule has 0 aliphatic carbocycles. The molecule has 0 spiro atoms. The van der Waals surface area contributed by atoms with E-state index in [1.54, 1.807) is 0 Å². The minimum Gasteiger partial charge on any atom is -0.403 e. The summed E-state index contributed by atoms with van der Waals surface area (Å²) in [5, 5.41) is 0. The van der Waals surface area contributed by atoms with Crippen LogP contribution in [0.15, 0.2) is 23.1 Å². The van der Waals surface area contributed by atoms with Gasteiger partial charge in [0.2, 0.25) is 0 Å². The van der Waals surface area contributed by atoms with Gasteiger partial charge >= 0.3 is 6.36 Å². The van der Waals surface area contributed by atoms with Crippen LogP contribution in [0.1, 0.15) is 0 Å². The lowest BCUT2D eigenvalue weighted by molar-refractivity contribution is -0.275. The first-order valence-corrected chi connectivity index (χ1v) is 3.57. The average Bonchev–Trinajstić information content (AvgIpc) is 1.94. The lowest BCUT2D eigenvalue weighted by Crippen LogP contribution is -2.17. The highest BCUT2D eigenvalue weighted by Crippen LogP contribution is 2.27. The summed E-state index contributed by atoms with van der Waals surface area (Å²) < 4.78 is 50.9. The van der Waals surface area contributed by atoms with Gasteiger partial charge in [-0.3, -0.25) is 0 Å². The zero-order valence-electron chi connectivity index (χ0n) is 6.10. The zero-order chi connectivity index (χ0) is 10.1. The Morgan fingerprint density at radius 1 is 1.23 bits per heavy atom. The van der Waals surface area contributed by atoms with E-state index >= 15 is 0 Å². The smallest absolute Gasteiger partial charge is 0.403 e. The maximum absolute atomic E-state index is 12.6. The van der Waals surface area contributed by atoms with E-state index in [0.29, 0.717) is 0 Å². The summed E-state index contributed by atoms with van der Waals surface area (Å²) in [6.45, 7) is 0. The number of alkyl halides is 3. The van der Waals surface area contributed by atoms with Crippen LogP contribution in [0.2, 0.25) is 0 Å². The van der Waals surface area contributed by atoms with E-state index in [4.69, 9.17) is 0 Å². The predicted octanol–water partition coefficient (Wildman–Crippen LogP) is 3.01. The zero-order valence-corrected chi connectivity index (χ0v) is 6.99. The molecule has 1 aromatic carbocycles. The van der Waals surface area contributed by atoms with Crippen LogP contribution in [0, 0.1) is 5.82 Å². The number of ether oxygens (including phenoxy) is 1. The number of hydrogen-bond acceptors (Lipinski definition) is 2. The molecule has 0 fully saturated rings. The summed E-state index contributed by atoms with van der Waals surface area (Å²) in [5.74, 6) is -1.95. The SMILES string of the molecule is Fc1ccc(S)cc1OC(F)(F)F. The van der Waals surface area contributed by atoms with Crippen LogP contribution < -0.4 is 4.74 Å². The molecule has 0 saturated heterocycles. The largest absolute Gasteiger partial charge is 0.573 e. The summed E-state index contributed by atoms with van der Waals surface area (Å²) >= 11 is 3.74. The standard InChI is InChI=1S/C7H4F4OS/c8-5-2-1-4(13)3-6(5)12-7(9,10)11/h1-3,13H. The first-order chi connectivity index (χ1) is 5.88. The van der Waals surface area contributed by atoms with Crippen LogP contribution in [0.5, 0.6) is 5.75 Å². The number of benzene rings is 1. The second-order valence-corrected chi connectivity index (χ2v) is 2.68. The molecular weight excluding hydrogens is 208 g/mol. The van der Waals surface area contributed by atoms with Crippen molar-refractivity contribution in [3.05, 3.63) is 24.0 Å². The van der Waals surface area contributed by atoms with Gasteiger partial charge in [-0.15, -0.1) is 25.8 Å². The highest BCUT2D eigenvalue weighted by Gasteiger charge is 2.32. The van der Waals surface area contributed by atoms with Crippen molar-refractivity contribution in [3.8, 4) is 5.75 Å². The molecule has 6 heteroatoms. The Morgan fingerprint density at radius 2 is 1.85 bits per heavy atom. The average molecular weight is 212 g/mol. The Labute approximate surface area is 76.7 Å². The van der Waals surface area contributed by atoms with Gasteiger partial charge in [0.1, 0.15) is 0 Å². The predicted molar refractivity (Wildman–Crippen MR) is 40.3 cm³/mol. The molecule has 0 aromatic heterocycles. The molecule has 0 unspecified atom stereocenters. The number of halogens is 4. The minimum atomic E-state index is -4.89. The maximum Gasteiger partial charge on any atom is 0.573 e. The van der Waals surface area contributed by atoms with Crippen molar-refractivity contribution in [2.75, 3.05) is 0 Å². The third-order valence-corrected chi connectivity index (χ3v) is 1.42. The van der Waals surface area contributed by atoms with E-state index in [1.807, 2.05) is 0 Å². The molecule has 1 aromatic rings. The van der Waals surface area contributed by atoms with Crippen molar-refractivity contribution >= 4 is 12.6 Å². The van der Waals surface area contributed by atoms with E-state index < -0.39 is 17.9 Å². The van der Waals surface area contributed by atoms with Crippen molar-refractivity contribution < 1.29 is 22.3 Å². The molecular formula is C7H4F4OS. The number of hydrogen-bond donors (Lipinski definition) is 1. The van der Waals surface area contributed by atoms with Gasteiger partial charge in [-0.25, -0.2) is 4.39 Å². The molecule has 0 aliphatic rings. The first-order valence-electron chi connectivity index (χ1n) is 3.13. The van der Waals surface area contributed by atoms with Crippen LogP contribution in [0.25, 0.3) is 0 Å². The van der Waals surface area contributed by atoms with Crippen molar-refractivity contribution in [1.82, 2.24) is 0 Å². The molecule has 1 rings (SSSR count). The van der Waals surface area contributed by atoms with Gasteiger partial charge in [0.15, 0.2) is 11.6 Å². The molecule has 0 atom stereocenters. The topological polar surface area (TPSA) is 9.23 Å². The van der Waals surface area contributed by atoms with Gasteiger partial charge in [0.25, 0.3) is 0 Å². The fourth-order valence-electron chi connectivity index (χ4n) is 0.695. The lowest BCUT2D eigenvalue weighted by atomic mass is 10.3. The Morgan fingerprint density at radius 3 is 2.38 bits per heavy atom. The summed E-state index contributed by atoms with van der Waals surface area (Å²) in [4.78, 5) is 0.195. The second kappa shape index (κ2) is 3.45. The van der Waals surface area contributed by atoms with Crippen LogP contribution in [0.3, 0.4) is 0 Å². The van der Waals surface area contributed by atoms with Gasteiger partial charge in [0.05, 0.1) is 0 Å². The van der Waals surface area contributed by atoms with Gasteiger partial charge < -0.3 is 4.74 Å². The quantitative estimate of drug-likeness (QED) is 0.556. The summed E-state index contributed by atoms with van der Waals surface area (Å²) in [6, 6.07) is 2.93. The summed E-state index contributed by atoms with van der Waals surface area (Å²) in [6.07, 6.45) is -4.89. The van der Waals surface area contributed by atoms with E-state index in [1.165, 1.54) is 6.07 Å². The second-order valence-electron chi connectivity index (χ2n) is 2.16. The molecule has 0 aliphatic heterocycles. The van der Waals surface area contributed by atoms with E-state index in [2.05, 4.69) is 17.4 Å². The fourth-order valence-corrected chi connectivity index (χ4v) is 0.887. The highest BCUT2D eigenvalue weighted by atomic mass is 32.1. The van der Waals surface area contributed by atoms with Crippen LogP contribution in [-0.4, -0.2) is 6.36 Å². The first kappa shape index (κ1) is 10.2. The molecule has 1 nitrogen and oxygen atoms in total. The van der Waals surface area contributed by atoms with Crippen molar-refractivity contribution in [2.45, 2.75) is 11.3 Å². The van der Waals surface area contributed by atoms with Crippen molar-refractivity contribution in [2.24, 2.45) is 0 Å². The molecule has 0 radical (unpaired) electrons. The Bertz CT molecular complexity index is 310. The molecule has 0 N–H and O–H groups in total. The molecule has 72 valence electrons. The third-order valence-electron chi connectivity index (χ3n) is 1.14. The molecule has 0 heterocycles. The maximum atomic E-state index is 12.6. The molecule has 0 saturated carbocycles. The van der Waals surface area contributed by atoms with Crippen molar-refractivity contribution in [3.63, 3.8) is 0 Å².